The minimum atomic E-state index is 0.922. The van der Waals surface area contributed by atoms with Crippen molar-refractivity contribution < 1.29 is 0 Å². The van der Waals surface area contributed by atoms with Gasteiger partial charge in [0.2, 0.25) is 0 Å². The lowest BCUT2D eigenvalue weighted by Crippen LogP contribution is -1.91. The molecule has 0 unspecified atom stereocenters. The highest BCUT2D eigenvalue weighted by molar-refractivity contribution is 6.21. The average molecular weight is 535 g/mol. The zero-order valence-corrected chi connectivity index (χ0v) is 22.9. The van der Waals surface area contributed by atoms with Crippen molar-refractivity contribution in [3.63, 3.8) is 0 Å². The number of nitrogens with zero attached hydrogens (tertiary/aromatic N) is 2. The molecule has 0 amide bonds. The predicted octanol–water partition coefficient (Wildman–Crippen LogP) is 10.6. The van der Waals surface area contributed by atoms with Gasteiger partial charge in [0.05, 0.1) is 11.4 Å². The normalized spacial score (nSPS) is 11.3. The fourth-order valence-electron chi connectivity index (χ4n) is 6.17. The number of hydrogen-bond acceptors (Lipinski definition) is 2. The molecule has 0 saturated carbocycles. The van der Waals surface area contributed by atoms with Gasteiger partial charge in [0.15, 0.2) is 0 Å². The van der Waals surface area contributed by atoms with E-state index in [9.17, 15) is 0 Å². The van der Waals surface area contributed by atoms with E-state index in [1.807, 2.05) is 24.4 Å². The van der Waals surface area contributed by atoms with E-state index in [-0.39, 0.29) is 0 Å². The second-order valence-electron chi connectivity index (χ2n) is 10.6. The third kappa shape index (κ3) is 4.13. The third-order valence-electron chi connectivity index (χ3n) is 8.15. The Labute approximate surface area is 244 Å². The molecule has 8 aromatic rings. The highest BCUT2D eigenvalue weighted by Crippen LogP contribution is 2.44. The van der Waals surface area contributed by atoms with Crippen molar-refractivity contribution in [3.05, 3.63) is 158 Å². The van der Waals surface area contributed by atoms with Crippen molar-refractivity contribution in [2.75, 3.05) is 0 Å². The molecule has 0 fully saturated rings. The molecule has 0 saturated heterocycles. The number of pyridine rings is 2. The molecule has 196 valence electrons. The van der Waals surface area contributed by atoms with Crippen LogP contribution in [-0.2, 0) is 0 Å². The van der Waals surface area contributed by atoms with Crippen molar-refractivity contribution in [1.29, 1.82) is 0 Å². The summed E-state index contributed by atoms with van der Waals surface area (Å²) in [6.45, 7) is 0. The maximum atomic E-state index is 4.94. The van der Waals surface area contributed by atoms with Crippen LogP contribution < -0.4 is 0 Å². The molecule has 2 heterocycles. The summed E-state index contributed by atoms with van der Waals surface area (Å²) in [4.78, 5) is 9.20. The van der Waals surface area contributed by atoms with Gasteiger partial charge >= 0.3 is 0 Å². The van der Waals surface area contributed by atoms with Gasteiger partial charge in [-0.3, -0.25) is 4.98 Å². The van der Waals surface area contributed by atoms with E-state index in [0.717, 1.165) is 22.5 Å². The van der Waals surface area contributed by atoms with E-state index in [4.69, 9.17) is 4.98 Å². The fraction of sp³-hybridized carbons (Fsp3) is 0. The van der Waals surface area contributed by atoms with Gasteiger partial charge in [-0.15, -0.1) is 0 Å². The molecule has 0 aliphatic rings. The first-order valence-electron chi connectivity index (χ1n) is 14.2. The van der Waals surface area contributed by atoms with E-state index >= 15 is 0 Å². The van der Waals surface area contributed by atoms with Gasteiger partial charge in [0, 0.05) is 23.5 Å². The highest BCUT2D eigenvalue weighted by atomic mass is 14.7. The molecule has 8 rings (SSSR count). The topological polar surface area (TPSA) is 25.8 Å². The van der Waals surface area contributed by atoms with Crippen LogP contribution in [0.1, 0.15) is 0 Å². The molecule has 0 aliphatic heterocycles. The summed E-state index contributed by atoms with van der Waals surface area (Å²) in [5.74, 6) is 0. The maximum absolute atomic E-state index is 4.94. The van der Waals surface area contributed by atoms with Gasteiger partial charge in [-0.1, -0.05) is 115 Å². The molecule has 42 heavy (non-hydrogen) atoms. The Hall–Kier alpha value is -5.60. The summed E-state index contributed by atoms with van der Waals surface area (Å²) in [5, 5.41) is 7.54. The fourth-order valence-corrected chi connectivity index (χ4v) is 6.17. The largest absolute Gasteiger partial charge is 0.264 e. The van der Waals surface area contributed by atoms with Gasteiger partial charge in [0.25, 0.3) is 0 Å². The lowest BCUT2D eigenvalue weighted by Gasteiger charge is -2.18. The quantitative estimate of drug-likeness (QED) is 0.210. The van der Waals surface area contributed by atoms with E-state index < -0.39 is 0 Å². The first-order valence-corrected chi connectivity index (χ1v) is 14.2. The van der Waals surface area contributed by atoms with Gasteiger partial charge in [-0.05, 0) is 84.9 Å². The summed E-state index contributed by atoms with van der Waals surface area (Å²) in [6, 6.07) is 52.0. The summed E-state index contributed by atoms with van der Waals surface area (Å²) >= 11 is 0. The Morgan fingerprint density at radius 2 is 0.905 bits per heavy atom. The minimum Gasteiger partial charge on any atom is -0.264 e. The Bertz CT molecular complexity index is 2180. The second kappa shape index (κ2) is 10.1. The summed E-state index contributed by atoms with van der Waals surface area (Å²) in [5.41, 5.74) is 8.95. The molecule has 0 radical (unpaired) electrons. The molecular formula is C40H26N2. The van der Waals surface area contributed by atoms with Crippen LogP contribution in [0.4, 0.5) is 0 Å². The van der Waals surface area contributed by atoms with Crippen molar-refractivity contribution in [2.45, 2.75) is 0 Å². The van der Waals surface area contributed by atoms with Crippen LogP contribution in [-0.4, -0.2) is 9.97 Å². The van der Waals surface area contributed by atoms with E-state index in [0.29, 0.717) is 0 Å². The Morgan fingerprint density at radius 3 is 1.55 bits per heavy atom. The highest BCUT2D eigenvalue weighted by Gasteiger charge is 2.17. The summed E-state index contributed by atoms with van der Waals surface area (Å²) in [7, 11) is 0. The molecule has 6 aromatic carbocycles. The van der Waals surface area contributed by atoms with Crippen LogP contribution in [0.5, 0.6) is 0 Å². The molecule has 0 aliphatic carbocycles. The van der Waals surface area contributed by atoms with Crippen LogP contribution in [0.15, 0.2) is 158 Å². The average Bonchev–Trinajstić information content (AvgIpc) is 3.07. The van der Waals surface area contributed by atoms with Crippen molar-refractivity contribution in [1.82, 2.24) is 9.97 Å². The van der Waals surface area contributed by atoms with Crippen LogP contribution in [0.25, 0.3) is 77.1 Å². The maximum Gasteiger partial charge on any atom is 0.0725 e. The molecule has 0 spiro atoms. The number of rotatable bonds is 4. The molecule has 0 bridgehead atoms. The van der Waals surface area contributed by atoms with Crippen LogP contribution in [0.3, 0.4) is 0 Å². The zero-order chi connectivity index (χ0) is 27.9. The monoisotopic (exact) mass is 534 g/mol. The Balaban J connectivity index is 1.29. The number of fused-ring (bicyclic) bond motifs is 3. The summed E-state index contributed by atoms with van der Waals surface area (Å²) in [6.07, 6.45) is 3.64. The number of benzene rings is 6. The molecular weight excluding hydrogens is 508 g/mol. The second-order valence-corrected chi connectivity index (χ2v) is 10.6. The number of aromatic nitrogens is 2. The van der Waals surface area contributed by atoms with Crippen molar-refractivity contribution in [3.8, 4) is 44.8 Å². The first-order chi connectivity index (χ1) is 20.8. The molecule has 2 heteroatoms. The van der Waals surface area contributed by atoms with Gasteiger partial charge in [0.1, 0.15) is 0 Å². The zero-order valence-electron chi connectivity index (χ0n) is 22.9. The summed E-state index contributed by atoms with van der Waals surface area (Å²) < 4.78 is 0. The van der Waals surface area contributed by atoms with Gasteiger partial charge in [-0.2, -0.15) is 0 Å². The molecule has 2 nitrogen and oxygen atoms in total. The lowest BCUT2D eigenvalue weighted by molar-refractivity contribution is 1.28. The van der Waals surface area contributed by atoms with E-state index in [2.05, 4.69) is 132 Å². The number of hydrogen-bond donors (Lipinski definition) is 0. The van der Waals surface area contributed by atoms with Crippen molar-refractivity contribution in [2.24, 2.45) is 0 Å². The van der Waals surface area contributed by atoms with Crippen LogP contribution in [0, 0.1) is 0 Å². The first kappa shape index (κ1) is 24.2. The van der Waals surface area contributed by atoms with Gasteiger partial charge in [-0.25, -0.2) is 4.98 Å². The predicted molar refractivity (Wildman–Crippen MR) is 176 cm³/mol. The van der Waals surface area contributed by atoms with Crippen molar-refractivity contribution >= 4 is 32.3 Å². The third-order valence-corrected chi connectivity index (χ3v) is 8.15. The smallest absolute Gasteiger partial charge is 0.0725 e. The van der Waals surface area contributed by atoms with Gasteiger partial charge < -0.3 is 0 Å². The Kier molecular flexibility index (Phi) is 5.82. The van der Waals surface area contributed by atoms with E-state index in [1.165, 1.54) is 54.6 Å². The molecule has 0 atom stereocenters. The van der Waals surface area contributed by atoms with Crippen LogP contribution >= 0.6 is 0 Å². The standard InChI is InChI=1S/C40H26N2/c1-2-10-30-25-31(23-18-27(30)9-1)40-35-14-5-3-12-33(35)39(34-13-4-6-15-36(34)40)29-21-19-28(20-22-29)37-16-7-17-38(42-37)32-11-8-24-41-26-32/h1-26H. The SMILES string of the molecule is c1cncc(-c2cccc(-c3ccc(-c4c5ccccc5c(-c5ccc6ccccc6c5)c5ccccc45)cc3)n2)c1. The molecule has 2 aromatic heterocycles. The van der Waals surface area contributed by atoms with E-state index in [1.54, 1.807) is 6.20 Å². The lowest BCUT2D eigenvalue weighted by atomic mass is 9.85. The Morgan fingerprint density at radius 1 is 0.357 bits per heavy atom. The molecule has 0 N–H and O–H groups in total. The minimum absolute atomic E-state index is 0.922. The van der Waals surface area contributed by atoms with Crippen LogP contribution in [0.2, 0.25) is 0 Å².